The Balaban J connectivity index is 1.32. The third-order valence-corrected chi connectivity index (χ3v) is 9.03. The number of rotatable bonds is 9. The normalized spacial score (nSPS) is 11.5. The minimum Gasteiger partial charge on any atom is -0.457 e. The van der Waals surface area contributed by atoms with E-state index in [-0.39, 0.29) is 0 Å². The summed E-state index contributed by atoms with van der Waals surface area (Å²) in [6.07, 6.45) is 5.83. The van der Waals surface area contributed by atoms with E-state index in [0.717, 1.165) is 59.7 Å². The number of aromatic nitrogens is 4. The van der Waals surface area contributed by atoms with Gasteiger partial charge in [0, 0.05) is 34.7 Å². The monoisotopic (exact) mass is 618 g/mol. The van der Waals surface area contributed by atoms with Gasteiger partial charge in [-0.1, -0.05) is 68.7 Å². The van der Waals surface area contributed by atoms with Crippen LogP contribution >= 0.6 is 0 Å². The van der Waals surface area contributed by atoms with E-state index < -0.39 is 0 Å². The van der Waals surface area contributed by atoms with E-state index in [9.17, 15) is 0 Å². The molecule has 0 saturated carbocycles. The van der Waals surface area contributed by atoms with Crippen LogP contribution in [0.5, 0.6) is 11.5 Å². The molecule has 0 N–H and O–H groups in total. The zero-order chi connectivity index (χ0) is 32.7. The van der Waals surface area contributed by atoms with Crippen LogP contribution < -0.4 is 4.74 Å². The van der Waals surface area contributed by atoms with Crippen LogP contribution in [0.2, 0.25) is 0 Å². The van der Waals surface area contributed by atoms with Gasteiger partial charge in [0.15, 0.2) is 0 Å². The molecule has 0 atom stereocenters. The molecule has 236 valence electrons. The lowest BCUT2D eigenvalue weighted by molar-refractivity contribution is 0.482. The number of para-hydroxylation sites is 1. The van der Waals surface area contributed by atoms with E-state index in [1.54, 1.807) is 0 Å². The molecule has 5 heteroatoms. The van der Waals surface area contributed by atoms with Gasteiger partial charge in [-0.2, -0.15) is 5.10 Å². The second kappa shape index (κ2) is 12.6. The first-order chi connectivity index (χ1) is 22.9. The third-order valence-electron chi connectivity index (χ3n) is 9.03. The van der Waals surface area contributed by atoms with Gasteiger partial charge in [0.05, 0.1) is 28.1 Å². The summed E-state index contributed by atoms with van der Waals surface area (Å²) in [6, 6.07) is 31.9. The number of pyridine rings is 1. The Morgan fingerprint density at radius 1 is 0.638 bits per heavy atom. The Morgan fingerprint density at radius 2 is 1.38 bits per heavy atom. The van der Waals surface area contributed by atoms with Crippen LogP contribution in [-0.2, 0) is 12.8 Å². The smallest absolute Gasteiger partial charge is 0.137 e. The van der Waals surface area contributed by atoms with E-state index in [2.05, 4.69) is 130 Å². The Labute approximate surface area is 277 Å². The molecular formula is C42H42N4O. The van der Waals surface area contributed by atoms with Gasteiger partial charge in [-0.15, -0.1) is 0 Å². The molecule has 0 aliphatic carbocycles. The summed E-state index contributed by atoms with van der Waals surface area (Å²) < 4.78 is 11.0. The fourth-order valence-electron chi connectivity index (χ4n) is 7.18. The number of hydrogen-bond acceptors (Lipinski definition) is 3. The standard InChI is InChI=1S/C42H42N4O/c1-7-12-36-42(41-29(5)22-28(4)23-30(41)6)38(13-8-2)46(44-36)31-14-11-15-32(25-31)47-33-18-19-35-34-16-9-10-17-37(34)45(39(35)26-33)40-24-27(3)20-21-43-40/h9-11,14-26H,7-8,12-13H2,1-6H3. The molecule has 0 spiro atoms. The summed E-state index contributed by atoms with van der Waals surface area (Å²) in [5.41, 5.74) is 13.3. The molecule has 0 bridgehead atoms. The zero-order valence-corrected chi connectivity index (χ0v) is 28.3. The second-order valence-electron chi connectivity index (χ2n) is 12.8. The largest absolute Gasteiger partial charge is 0.457 e. The maximum absolute atomic E-state index is 6.60. The van der Waals surface area contributed by atoms with Gasteiger partial charge in [0.25, 0.3) is 0 Å². The van der Waals surface area contributed by atoms with Crippen molar-refractivity contribution in [3.8, 4) is 34.1 Å². The van der Waals surface area contributed by atoms with E-state index in [4.69, 9.17) is 14.8 Å². The molecule has 0 fully saturated rings. The SMILES string of the molecule is CCCc1nn(-c2cccc(Oc3ccc4c5ccccc5n(-c5cc(C)ccn5)c4c3)c2)c(CCC)c1-c1c(C)cc(C)cc1C. The molecule has 5 nitrogen and oxygen atoms in total. The molecule has 0 amide bonds. The fraction of sp³-hybridized carbons (Fsp3) is 0.238. The predicted molar refractivity (Wildman–Crippen MR) is 195 cm³/mol. The molecular weight excluding hydrogens is 576 g/mol. The number of ether oxygens (including phenoxy) is 1. The van der Waals surface area contributed by atoms with Gasteiger partial charge >= 0.3 is 0 Å². The lowest BCUT2D eigenvalue weighted by Gasteiger charge is -2.15. The van der Waals surface area contributed by atoms with Crippen LogP contribution in [0.4, 0.5) is 0 Å². The van der Waals surface area contributed by atoms with Crippen LogP contribution in [0.3, 0.4) is 0 Å². The first-order valence-corrected chi connectivity index (χ1v) is 16.8. The van der Waals surface area contributed by atoms with Crippen LogP contribution in [0.1, 0.15) is 60.3 Å². The van der Waals surface area contributed by atoms with Crippen molar-refractivity contribution in [1.29, 1.82) is 0 Å². The van der Waals surface area contributed by atoms with Crippen LogP contribution in [0.25, 0.3) is 44.4 Å². The van der Waals surface area contributed by atoms with Crippen molar-refractivity contribution in [2.45, 2.75) is 67.2 Å². The summed E-state index contributed by atoms with van der Waals surface area (Å²) in [7, 11) is 0. The Bertz CT molecular complexity index is 2230. The van der Waals surface area contributed by atoms with Crippen molar-refractivity contribution in [3.05, 3.63) is 131 Å². The number of aryl methyl sites for hydroxylation is 5. The quantitative estimate of drug-likeness (QED) is 0.162. The van der Waals surface area contributed by atoms with Gasteiger partial charge in [0.1, 0.15) is 17.3 Å². The highest BCUT2D eigenvalue weighted by molar-refractivity contribution is 6.09. The highest BCUT2D eigenvalue weighted by Crippen LogP contribution is 2.38. The van der Waals surface area contributed by atoms with Gasteiger partial charge < -0.3 is 4.74 Å². The lowest BCUT2D eigenvalue weighted by atomic mass is 9.90. The third kappa shape index (κ3) is 5.61. The second-order valence-corrected chi connectivity index (χ2v) is 12.8. The molecule has 7 aromatic rings. The van der Waals surface area contributed by atoms with Gasteiger partial charge in [-0.05, 0) is 105 Å². The van der Waals surface area contributed by atoms with E-state index in [1.807, 2.05) is 18.3 Å². The van der Waals surface area contributed by atoms with E-state index in [0.29, 0.717) is 0 Å². The van der Waals surface area contributed by atoms with Crippen molar-refractivity contribution >= 4 is 21.8 Å². The van der Waals surface area contributed by atoms with E-state index >= 15 is 0 Å². The average molecular weight is 619 g/mol. The van der Waals surface area contributed by atoms with Crippen molar-refractivity contribution in [3.63, 3.8) is 0 Å². The van der Waals surface area contributed by atoms with Gasteiger partial charge in [-0.3, -0.25) is 4.57 Å². The molecule has 3 heterocycles. The minimum absolute atomic E-state index is 0.775. The van der Waals surface area contributed by atoms with Crippen LogP contribution in [-0.4, -0.2) is 19.3 Å². The number of nitrogens with zero attached hydrogens (tertiary/aromatic N) is 4. The predicted octanol–water partition coefficient (Wildman–Crippen LogP) is 11.0. The molecule has 0 aliphatic rings. The highest BCUT2D eigenvalue weighted by Gasteiger charge is 2.23. The van der Waals surface area contributed by atoms with Gasteiger partial charge in [0.2, 0.25) is 0 Å². The summed E-state index contributed by atoms with van der Waals surface area (Å²) in [6.45, 7) is 13.2. The van der Waals surface area contributed by atoms with E-state index in [1.165, 1.54) is 55.5 Å². The summed E-state index contributed by atoms with van der Waals surface area (Å²) >= 11 is 0. The maximum Gasteiger partial charge on any atom is 0.137 e. The van der Waals surface area contributed by atoms with Crippen molar-refractivity contribution in [2.75, 3.05) is 0 Å². The lowest BCUT2D eigenvalue weighted by Crippen LogP contribution is -2.04. The van der Waals surface area contributed by atoms with Crippen molar-refractivity contribution < 1.29 is 4.74 Å². The van der Waals surface area contributed by atoms with Crippen molar-refractivity contribution in [1.82, 2.24) is 19.3 Å². The average Bonchev–Trinajstić information content (AvgIpc) is 3.56. The molecule has 0 saturated heterocycles. The van der Waals surface area contributed by atoms with Crippen LogP contribution in [0.15, 0.2) is 97.2 Å². The first kappa shape index (κ1) is 30.5. The minimum atomic E-state index is 0.775. The van der Waals surface area contributed by atoms with Crippen molar-refractivity contribution in [2.24, 2.45) is 0 Å². The fourth-order valence-corrected chi connectivity index (χ4v) is 7.18. The summed E-state index contributed by atoms with van der Waals surface area (Å²) in [5, 5.41) is 7.65. The summed E-state index contributed by atoms with van der Waals surface area (Å²) in [4.78, 5) is 4.74. The topological polar surface area (TPSA) is 44.9 Å². The molecule has 47 heavy (non-hydrogen) atoms. The molecule has 7 rings (SSSR count). The Hall–Kier alpha value is -5.16. The molecule has 0 aliphatic heterocycles. The Kier molecular flexibility index (Phi) is 8.15. The summed E-state index contributed by atoms with van der Waals surface area (Å²) in [5.74, 6) is 2.45. The number of benzene rings is 4. The first-order valence-electron chi connectivity index (χ1n) is 16.8. The molecule has 4 aromatic carbocycles. The highest BCUT2D eigenvalue weighted by atomic mass is 16.5. The van der Waals surface area contributed by atoms with Crippen LogP contribution in [0, 0.1) is 27.7 Å². The molecule has 0 radical (unpaired) electrons. The molecule has 0 unspecified atom stereocenters. The van der Waals surface area contributed by atoms with Gasteiger partial charge in [-0.25, -0.2) is 9.67 Å². The number of fused-ring (bicyclic) bond motifs is 3. The number of hydrogen-bond donors (Lipinski definition) is 0. The Morgan fingerprint density at radius 3 is 2.15 bits per heavy atom. The molecule has 3 aromatic heterocycles. The zero-order valence-electron chi connectivity index (χ0n) is 28.3. The maximum atomic E-state index is 6.60.